The molecule has 1 aliphatic heterocycles. The van der Waals surface area contributed by atoms with Crippen LogP contribution in [0.3, 0.4) is 0 Å². The van der Waals surface area contributed by atoms with Gasteiger partial charge in [-0.15, -0.1) is 11.3 Å². The molecular weight excluding hydrogens is 166 g/mol. The SMILES string of the molecule is c1csc(C2CCCCNC2)c1. The van der Waals surface area contributed by atoms with Crippen molar-refractivity contribution < 1.29 is 0 Å². The van der Waals surface area contributed by atoms with Crippen LogP contribution in [0.5, 0.6) is 0 Å². The molecule has 1 aromatic heterocycles. The van der Waals surface area contributed by atoms with Crippen molar-refractivity contribution in [3.8, 4) is 0 Å². The molecule has 2 heterocycles. The van der Waals surface area contributed by atoms with Gasteiger partial charge in [0.25, 0.3) is 0 Å². The Kier molecular flexibility index (Phi) is 2.79. The van der Waals surface area contributed by atoms with Gasteiger partial charge in [0.1, 0.15) is 0 Å². The molecule has 0 saturated carbocycles. The molecule has 66 valence electrons. The van der Waals surface area contributed by atoms with Crippen molar-refractivity contribution in [1.82, 2.24) is 5.32 Å². The number of rotatable bonds is 1. The maximum Gasteiger partial charge on any atom is 0.00888 e. The minimum Gasteiger partial charge on any atom is -0.316 e. The molecule has 1 aromatic rings. The topological polar surface area (TPSA) is 12.0 Å². The summed E-state index contributed by atoms with van der Waals surface area (Å²) in [7, 11) is 0. The summed E-state index contributed by atoms with van der Waals surface area (Å²) in [6.45, 7) is 2.39. The maximum atomic E-state index is 3.49. The minimum absolute atomic E-state index is 0.785. The number of nitrogens with one attached hydrogen (secondary N) is 1. The van der Waals surface area contributed by atoms with Gasteiger partial charge >= 0.3 is 0 Å². The first-order valence-corrected chi connectivity index (χ1v) is 5.59. The van der Waals surface area contributed by atoms with Crippen LogP contribution in [0.4, 0.5) is 0 Å². The Morgan fingerprint density at radius 1 is 1.42 bits per heavy atom. The third kappa shape index (κ3) is 1.87. The van der Waals surface area contributed by atoms with Crippen LogP contribution in [-0.2, 0) is 0 Å². The largest absolute Gasteiger partial charge is 0.316 e. The molecule has 0 bridgehead atoms. The summed E-state index contributed by atoms with van der Waals surface area (Å²) >= 11 is 1.90. The molecule has 1 atom stereocenters. The van der Waals surface area contributed by atoms with Crippen LogP contribution in [-0.4, -0.2) is 13.1 Å². The molecule has 0 spiro atoms. The van der Waals surface area contributed by atoms with Crippen LogP contribution < -0.4 is 5.32 Å². The standard InChI is InChI=1S/C10H15NS/c1-2-6-11-8-9(4-1)10-5-3-7-12-10/h3,5,7,9,11H,1-2,4,6,8H2. The lowest BCUT2D eigenvalue weighted by atomic mass is 10.0. The molecule has 2 heteroatoms. The van der Waals surface area contributed by atoms with Gasteiger partial charge < -0.3 is 5.32 Å². The number of hydrogen-bond acceptors (Lipinski definition) is 2. The van der Waals surface area contributed by atoms with Gasteiger partial charge in [-0.05, 0) is 30.8 Å². The van der Waals surface area contributed by atoms with Gasteiger partial charge in [-0.25, -0.2) is 0 Å². The second kappa shape index (κ2) is 4.06. The second-order valence-electron chi connectivity index (χ2n) is 3.41. The normalized spacial score (nSPS) is 25.2. The third-order valence-corrected chi connectivity index (χ3v) is 3.53. The zero-order chi connectivity index (χ0) is 8.23. The van der Waals surface area contributed by atoms with Crippen LogP contribution in [0.2, 0.25) is 0 Å². The Morgan fingerprint density at radius 3 is 3.25 bits per heavy atom. The smallest absolute Gasteiger partial charge is 0.00888 e. The highest BCUT2D eigenvalue weighted by molar-refractivity contribution is 7.10. The molecule has 0 aromatic carbocycles. The van der Waals surface area contributed by atoms with E-state index in [1.807, 2.05) is 11.3 Å². The van der Waals surface area contributed by atoms with Gasteiger partial charge in [0.05, 0.1) is 0 Å². The second-order valence-corrected chi connectivity index (χ2v) is 4.39. The molecule has 1 aliphatic rings. The Hall–Kier alpha value is -0.340. The zero-order valence-corrected chi connectivity index (χ0v) is 8.07. The van der Waals surface area contributed by atoms with E-state index in [0.717, 1.165) is 5.92 Å². The molecule has 1 fully saturated rings. The monoisotopic (exact) mass is 181 g/mol. The summed E-state index contributed by atoms with van der Waals surface area (Å²) in [4.78, 5) is 1.56. The average Bonchev–Trinajstić information content (AvgIpc) is 2.48. The van der Waals surface area contributed by atoms with Gasteiger partial charge in [0, 0.05) is 17.3 Å². The van der Waals surface area contributed by atoms with Gasteiger partial charge in [-0.1, -0.05) is 12.5 Å². The summed E-state index contributed by atoms with van der Waals surface area (Å²) in [6.07, 6.45) is 4.10. The highest BCUT2D eigenvalue weighted by Crippen LogP contribution is 2.26. The summed E-state index contributed by atoms with van der Waals surface area (Å²) in [6, 6.07) is 4.42. The third-order valence-electron chi connectivity index (χ3n) is 2.49. The summed E-state index contributed by atoms with van der Waals surface area (Å²) < 4.78 is 0. The van der Waals surface area contributed by atoms with Crippen molar-refractivity contribution >= 4 is 11.3 Å². The van der Waals surface area contributed by atoms with E-state index in [-0.39, 0.29) is 0 Å². The van der Waals surface area contributed by atoms with Crippen LogP contribution in [0.25, 0.3) is 0 Å². The molecule has 1 unspecified atom stereocenters. The number of thiophene rings is 1. The first-order valence-electron chi connectivity index (χ1n) is 4.71. The van der Waals surface area contributed by atoms with E-state index < -0.39 is 0 Å². The predicted molar refractivity (Wildman–Crippen MR) is 53.8 cm³/mol. The van der Waals surface area contributed by atoms with Gasteiger partial charge in [0.2, 0.25) is 0 Å². The Morgan fingerprint density at radius 2 is 2.42 bits per heavy atom. The van der Waals surface area contributed by atoms with E-state index >= 15 is 0 Å². The average molecular weight is 181 g/mol. The van der Waals surface area contributed by atoms with E-state index in [0.29, 0.717) is 0 Å². The first-order chi connectivity index (χ1) is 5.97. The van der Waals surface area contributed by atoms with Crippen LogP contribution >= 0.6 is 11.3 Å². The zero-order valence-electron chi connectivity index (χ0n) is 7.25. The first kappa shape index (κ1) is 8.27. The maximum absolute atomic E-state index is 3.49. The lowest BCUT2D eigenvalue weighted by Crippen LogP contribution is -2.18. The van der Waals surface area contributed by atoms with Crippen LogP contribution in [0.1, 0.15) is 30.1 Å². The van der Waals surface area contributed by atoms with E-state index in [1.54, 1.807) is 4.88 Å². The Balaban J connectivity index is 2.02. The van der Waals surface area contributed by atoms with Gasteiger partial charge in [-0.3, -0.25) is 0 Å². The van der Waals surface area contributed by atoms with Crippen LogP contribution in [0.15, 0.2) is 17.5 Å². The molecule has 0 radical (unpaired) electrons. The van der Waals surface area contributed by atoms with Gasteiger partial charge in [0.15, 0.2) is 0 Å². The lowest BCUT2D eigenvalue weighted by molar-refractivity contribution is 0.619. The molecule has 1 saturated heterocycles. The molecular formula is C10H15NS. The molecule has 0 aliphatic carbocycles. The molecule has 0 amide bonds. The van der Waals surface area contributed by atoms with Crippen molar-refractivity contribution in [2.45, 2.75) is 25.2 Å². The van der Waals surface area contributed by atoms with Crippen molar-refractivity contribution in [2.24, 2.45) is 0 Å². The summed E-state index contributed by atoms with van der Waals surface area (Å²) in [5.74, 6) is 0.785. The van der Waals surface area contributed by atoms with Crippen LogP contribution in [0, 0.1) is 0 Å². The highest BCUT2D eigenvalue weighted by Gasteiger charge is 2.13. The number of hydrogen-bond donors (Lipinski definition) is 1. The quantitative estimate of drug-likeness (QED) is 0.702. The fourth-order valence-corrected chi connectivity index (χ4v) is 2.65. The fourth-order valence-electron chi connectivity index (χ4n) is 1.79. The predicted octanol–water partition coefficient (Wildman–Crippen LogP) is 2.61. The lowest BCUT2D eigenvalue weighted by Gasteiger charge is -2.11. The van der Waals surface area contributed by atoms with Crippen molar-refractivity contribution in [3.63, 3.8) is 0 Å². The fraction of sp³-hybridized carbons (Fsp3) is 0.600. The molecule has 12 heavy (non-hydrogen) atoms. The Labute approximate surface area is 77.8 Å². The van der Waals surface area contributed by atoms with E-state index in [1.165, 1.54) is 32.4 Å². The summed E-state index contributed by atoms with van der Waals surface area (Å²) in [5, 5.41) is 5.67. The highest BCUT2D eigenvalue weighted by atomic mass is 32.1. The van der Waals surface area contributed by atoms with E-state index in [9.17, 15) is 0 Å². The van der Waals surface area contributed by atoms with E-state index in [2.05, 4.69) is 22.8 Å². The molecule has 2 rings (SSSR count). The Bertz CT molecular complexity index is 210. The minimum atomic E-state index is 0.785. The molecule has 1 N–H and O–H groups in total. The van der Waals surface area contributed by atoms with E-state index in [4.69, 9.17) is 0 Å². The molecule has 1 nitrogen and oxygen atoms in total. The van der Waals surface area contributed by atoms with Crippen molar-refractivity contribution in [2.75, 3.05) is 13.1 Å². The van der Waals surface area contributed by atoms with Gasteiger partial charge in [-0.2, -0.15) is 0 Å². The van der Waals surface area contributed by atoms with Crippen molar-refractivity contribution in [1.29, 1.82) is 0 Å². The van der Waals surface area contributed by atoms with Crippen molar-refractivity contribution in [3.05, 3.63) is 22.4 Å². The summed E-state index contributed by atoms with van der Waals surface area (Å²) in [5.41, 5.74) is 0.